The molecule has 18 heavy (non-hydrogen) atoms. The molecule has 0 spiro atoms. The highest BCUT2D eigenvalue weighted by Crippen LogP contribution is 2.27. The van der Waals surface area contributed by atoms with Gasteiger partial charge in [0.05, 0.1) is 11.0 Å². The van der Waals surface area contributed by atoms with Crippen LogP contribution in [0.2, 0.25) is 0 Å². The molecular formula is C16H16N2. The predicted octanol–water partition coefficient (Wildman–Crippen LogP) is 3.86. The van der Waals surface area contributed by atoms with E-state index in [-0.39, 0.29) is 0 Å². The number of hydrogen-bond acceptors (Lipinski definition) is 1. The molecular weight excluding hydrogens is 220 g/mol. The largest absolute Gasteiger partial charge is 0.331 e. The van der Waals surface area contributed by atoms with E-state index in [4.69, 9.17) is 0 Å². The third kappa shape index (κ3) is 1.61. The van der Waals surface area contributed by atoms with E-state index in [1.54, 1.807) is 0 Å². The van der Waals surface area contributed by atoms with Crippen LogP contribution >= 0.6 is 0 Å². The Morgan fingerprint density at radius 3 is 2.39 bits per heavy atom. The third-order valence-corrected chi connectivity index (χ3v) is 3.51. The first-order valence-corrected chi connectivity index (χ1v) is 6.16. The van der Waals surface area contributed by atoms with E-state index in [1.807, 2.05) is 13.0 Å². The molecule has 90 valence electrons. The molecule has 0 amide bonds. The lowest BCUT2D eigenvalue weighted by Crippen LogP contribution is -1.90. The predicted molar refractivity (Wildman–Crippen MR) is 75.6 cm³/mol. The van der Waals surface area contributed by atoms with Crippen molar-refractivity contribution in [2.24, 2.45) is 7.05 Å². The fraction of sp³-hybridized carbons (Fsp3) is 0.188. The van der Waals surface area contributed by atoms with Crippen molar-refractivity contribution in [1.29, 1.82) is 0 Å². The molecule has 1 aromatic heterocycles. The van der Waals surface area contributed by atoms with Crippen molar-refractivity contribution in [3.63, 3.8) is 0 Å². The molecule has 2 aromatic carbocycles. The van der Waals surface area contributed by atoms with Crippen LogP contribution in [0.5, 0.6) is 0 Å². The summed E-state index contributed by atoms with van der Waals surface area (Å²) in [5.41, 5.74) is 6.04. The fourth-order valence-corrected chi connectivity index (χ4v) is 2.37. The summed E-state index contributed by atoms with van der Waals surface area (Å²) in [7, 11) is 2.07. The van der Waals surface area contributed by atoms with E-state index in [0.29, 0.717) is 0 Å². The molecule has 0 aliphatic rings. The van der Waals surface area contributed by atoms with Crippen LogP contribution in [0, 0.1) is 13.8 Å². The second-order valence-electron chi connectivity index (χ2n) is 4.74. The third-order valence-electron chi connectivity index (χ3n) is 3.51. The SMILES string of the molecule is Cc1cc(-c2ccccc2)cc2c1nc(C)n2C. The summed E-state index contributed by atoms with van der Waals surface area (Å²) < 4.78 is 2.15. The van der Waals surface area contributed by atoms with Gasteiger partial charge in [-0.2, -0.15) is 0 Å². The Morgan fingerprint density at radius 2 is 1.67 bits per heavy atom. The quantitative estimate of drug-likeness (QED) is 0.627. The highest BCUT2D eigenvalue weighted by Gasteiger charge is 2.09. The summed E-state index contributed by atoms with van der Waals surface area (Å²) in [6, 6.07) is 14.9. The van der Waals surface area contributed by atoms with Crippen LogP contribution in [0.25, 0.3) is 22.2 Å². The zero-order valence-electron chi connectivity index (χ0n) is 10.9. The smallest absolute Gasteiger partial charge is 0.106 e. The maximum absolute atomic E-state index is 4.61. The molecule has 0 bridgehead atoms. The number of aryl methyl sites for hydroxylation is 3. The second-order valence-corrected chi connectivity index (χ2v) is 4.74. The van der Waals surface area contributed by atoms with E-state index >= 15 is 0 Å². The number of fused-ring (bicyclic) bond motifs is 1. The number of hydrogen-bond donors (Lipinski definition) is 0. The van der Waals surface area contributed by atoms with Gasteiger partial charge < -0.3 is 4.57 Å². The van der Waals surface area contributed by atoms with Gasteiger partial charge in [0.25, 0.3) is 0 Å². The van der Waals surface area contributed by atoms with E-state index in [9.17, 15) is 0 Å². The van der Waals surface area contributed by atoms with Crippen molar-refractivity contribution < 1.29 is 0 Å². The Labute approximate surface area is 107 Å². The van der Waals surface area contributed by atoms with Crippen LogP contribution in [-0.2, 0) is 7.05 Å². The van der Waals surface area contributed by atoms with Gasteiger partial charge in [0.2, 0.25) is 0 Å². The molecule has 0 saturated heterocycles. The van der Waals surface area contributed by atoms with Gasteiger partial charge in [0.15, 0.2) is 0 Å². The maximum atomic E-state index is 4.61. The minimum Gasteiger partial charge on any atom is -0.331 e. The van der Waals surface area contributed by atoms with Crippen molar-refractivity contribution in [2.75, 3.05) is 0 Å². The summed E-state index contributed by atoms with van der Waals surface area (Å²) in [5, 5.41) is 0. The molecule has 3 rings (SSSR count). The minimum absolute atomic E-state index is 1.05. The van der Waals surface area contributed by atoms with E-state index < -0.39 is 0 Å². The van der Waals surface area contributed by atoms with Gasteiger partial charge in [-0.25, -0.2) is 4.98 Å². The first-order chi connectivity index (χ1) is 8.66. The number of nitrogens with zero attached hydrogens (tertiary/aromatic N) is 2. The van der Waals surface area contributed by atoms with Crippen LogP contribution in [0.1, 0.15) is 11.4 Å². The van der Waals surface area contributed by atoms with Crippen molar-refractivity contribution in [2.45, 2.75) is 13.8 Å². The molecule has 0 fully saturated rings. The van der Waals surface area contributed by atoms with Crippen LogP contribution in [0.4, 0.5) is 0 Å². The molecule has 1 heterocycles. The molecule has 0 radical (unpaired) electrons. The van der Waals surface area contributed by atoms with E-state index in [1.165, 1.54) is 22.2 Å². The van der Waals surface area contributed by atoms with Gasteiger partial charge in [-0.1, -0.05) is 30.3 Å². The van der Waals surface area contributed by atoms with Gasteiger partial charge in [-0.3, -0.25) is 0 Å². The summed E-state index contributed by atoms with van der Waals surface area (Å²) >= 11 is 0. The monoisotopic (exact) mass is 236 g/mol. The number of aromatic nitrogens is 2. The Bertz CT molecular complexity index is 709. The molecule has 0 aliphatic heterocycles. The number of rotatable bonds is 1. The second kappa shape index (κ2) is 3.98. The molecule has 0 aliphatic carbocycles. The lowest BCUT2D eigenvalue weighted by Gasteiger charge is -2.05. The zero-order valence-corrected chi connectivity index (χ0v) is 10.9. The highest BCUT2D eigenvalue weighted by molar-refractivity contribution is 5.85. The standard InChI is InChI=1S/C16H16N2/c1-11-9-14(13-7-5-4-6-8-13)10-15-16(11)17-12(2)18(15)3/h4-10H,1-3H3. The van der Waals surface area contributed by atoms with Gasteiger partial charge in [-0.15, -0.1) is 0 Å². The topological polar surface area (TPSA) is 17.8 Å². The van der Waals surface area contributed by atoms with Crippen molar-refractivity contribution >= 4 is 11.0 Å². The summed E-state index contributed by atoms with van der Waals surface area (Å²) in [6.45, 7) is 4.17. The van der Waals surface area contributed by atoms with Crippen LogP contribution in [-0.4, -0.2) is 9.55 Å². The Kier molecular flexibility index (Phi) is 2.44. The number of imidazole rings is 1. The Morgan fingerprint density at radius 1 is 0.944 bits per heavy atom. The van der Waals surface area contributed by atoms with E-state index in [2.05, 4.69) is 59.9 Å². The first kappa shape index (κ1) is 11.0. The molecule has 3 aromatic rings. The summed E-state index contributed by atoms with van der Waals surface area (Å²) in [6.07, 6.45) is 0. The normalized spacial score (nSPS) is 11.1. The molecule has 2 nitrogen and oxygen atoms in total. The molecule has 0 saturated carbocycles. The highest BCUT2D eigenvalue weighted by atomic mass is 15.0. The molecule has 0 atom stereocenters. The lowest BCUT2D eigenvalue weighted by atomic mass is 10.0. The Balaban J connectivity index is 2.30. The zero-order chi connectivity index (χ0) is 12.7. The lowest BCUT2D eigenvalue weighted by molar-refractivity contribution is 0.886. The first-order valence-electron chi connectivity index (χ1n) is 6.16. The van der Waals surface area contributed by atoms with Crippen molar-refractivity contribution in [1.82, 2.24) is 9.55 Å². The molecule has 0 unspecified atom stereocenters. The minimum atomic E-state index is 1.05. The van der Waals surface area contributed by atoms with Gasteiger partial charge >= 0.3 is 0 Å². The van der Waals surface area contributed by atoms with Crippen molar-refractivity contribution in [3.8, 4) is 11.1 Å². The van der Waals surface area contributed by atoms with Crippen LogP contribution < -0.4 is 0 Å². The van der Waals surface area contributed by atoms with Crippen LogP contribution in [0.15, 0.2) is 42.5 Å². The summed E-state index contributed by atoms with van der Waals surface area (Å²) in [4.78, 5) is 4.61. The Hall–Kier alpha value is -2.09. The van der Waals surface area contributed by atoms with Gasteiger partial charge in [0, 0.05) is 7.05 Å². The average molecular weight is 236 g/mol. The maximum Gasteiger partial charge on any atom is 0.106 e. The van der Waals surface area contributed by atoms with Crippen LogP contribution in [0.3, 0.4) is 0 Å². The van der Waals surface area contributed by atoms with E-state index in [0.717, 1.165) is 11.3 Å². The molecule has 2 heteroatoms. The van der Waals surface area contributed by atoms with Crippen molar-refractivity contribution in [3.05, 3.63) is 53.9 Å². The van der Waals surface area contributed by atoms with Gasteiger partial charge in [0.1, 0.15) is 5.82 Å². The van der Waals surface area contributed by atoms with Gasteiger partial charge in [-0.05, 0) is 42.7 Å². The number of benzene rings is 2. The average Bonchev–Trinajstić information content (AvgIpc) is 2.68. The summed E-state index contributed by atoms with van der Waals surface area (Å²) in [5.74, 6) is 1.05. The molecule has 0 N–H and O–H groups in total. The fourth-order valence-electron chi connectivity index (χ4n) is 2.37.